The molecule has 0 unspecified atom stereocenters. The second kappa shape index (κ2) is 4.22. The molecule has 0 amide bonds. The molecule has 0 atom stereocenters. The summed E-state index contributed by atoms with van der Waals surface area (Å²) < 4.78 is 0. The molecule has 0 radical (unpaired) electrons. The average Bonchev–Trinajstić information content (AvgIpc) is 2.15. The maximum absolute atomic E-state index is 10.6. The fourth-order valence-electron chi connectivity index (χ4n) is 0.876. The van der Waals surface area contributed by atoms with Crippen LogP contribution in [0, 0.1) is 10.1 Å². The number of benzene rings is 1. The highest BCUT2D eigenvalue weighted by Gasteiger charge is 2.10. The molecular formula is C8H10N4O2. The van der Waals surface area contributed by atoms with E-state index in [1.54, 1.807) is 25.1 Å². The summed E-state index contributed by atoms with van der Waals surface area (Å²) in [6, 6.07) is 6.22. The standard InChI is InChI=1S/C8H10N4O2/c1-6(9)10-11-7-4-2-3-5-8(7)12(13)14/h2-5,11H,1H3,(H2,9,10). The Morgan fingerprint density at radius 3 is 2.79 bits per heavy atom. The number of amidine groups is 1. The zero-order valence-electron chi connectivity index (χ0n) is 7.60. The van der Waals surface area contributed by atoms with E-state index >= 15 is 0 Å². The monoisotopic (exact) mass is 194 g/mol. The fourth-order valence-corrected chi connectivity index (χ4v) is 0.876. The lowest BCUT2D eigenvalue weighted by Crippen LogP contribution is -2.08. The Hall–Kier alpha value is -2.11. The quantitative estimate of drug-likeness (QED) is 0.328. The molecule has 0 aromatic heterocycles. The van der Waals surface area contributed by atoms with Crippen molar-refractivity contribution in [3.05, 3.63) is 34.4 Å². The Balaban J connectivity index is 2.96. The van der Waals surface area contributed by atoms with E-state index in [9.17, 15) is 10.1 Å². The SMILES string of the molecule is C/C(N)=N\Nc1ccccc1[N+](=O)[O-]. The topological polar surface area (TPSA) is 93.5 Å². The van der Waals surface area contributed by atoms with Gasteiger partial charge in [0.05, 0.1) is 4.92 Å². The minimum Gasteiger partial charge on any atom is -0.386 e. The first-order chi connectivity index (χ1) is 6.61. The molecule has 74 valence electrons. The average molecular weight is 194 g/mol. The van der Waals surface area contributed by atoms with Crippen molar-refractivity contribution in [2.75, 3.05) is 5.43 Å². The maximum Gasteiger partial charge on any atom is 0.294 e. The molecule has 0 aliphatic heterocycles. The van der Waals surface area contributed by atoms with Gasteiger partial charge in [0, 0.05) is 6.07 Å². The van der Waals surface area contributed by atoms with Crippen LogP contribution in [-0.2, 0) is 0 Å². The molecule has 0 aliphatic carbocycles. The van der Waals surface area contributed by atoms with Gasteiger partial charge in [0.25, 0.3) is 5.69 Å². The summed E-state index contributed by atoms with van der Waals surface area (Å²) in [5, 5.41) is 14.2. The van der Waals surface area contributed by atoms with Gasteiger partial charge in [0.1, 0.15) is 11.5 Å². The van der Waals surface area contributed by atoms with Crippen LogP contribution in [0.4, 0.5) is 11.4 Å². The van der Waals surface area contributed by atoms with Gasteiger partial charge in [-0.3, -0.25) is 15.5 Å². The smallest absolute Gasteiger partial charge is 0.294 e. The molecule has 6 nitrogen and oxygen atoms in total. The lowest BCUT2D eigenvalue weighted by atomic mass is 10.3. The first kappa shape index (κ1) is 9.97. The zero-order valence-corrected chi connectivity index (χ0v) is 7.60. The van der Waals surface area contributed by atoms with Crippen LogP contribution in [0.2, 0.25) is 0 Å². The number of nitrogens with one attached hydrogen (secondary N) is 1. The van der Waals surface area contributed by atoms with Crippen LogP contribution in [0.3, 0.4) is 0 Å². The highest BCUT2D eigenvalue weighted by atomic mass is 16.6. The van der Waals surface area contributed by atoms with Crippen LogP contribution in [0.1, 0.15) is 6.92 Å². The van der Waals surface area contributed by atoms with Crippen LogP contribution >= 0.6 is 0 Å². The number of nitrogens with two attached hydrogens (primary N) is 1. The normalized spacial score (nSPS) is 11.1. The van der Waals surface area contributed by atoms with Crippen molar-refractivity contribution in [3.63, 3.8) is 0 Å². The molecule has 0 spiro atoms. The van der Waals surface area contributed by atoms with Gasteiger partial charge in [0.15, 0.2) is 0 Å². The molecule has 6 heteroatoms. The predicted molar refractivity (Wildman–Crippen MR) is 54.0 cm³/mol. The summed E-state index contributed by atoms with van der Waals surface area (Å²) >= 11 is 0. The van der Waals surface area contributed by atoms with Gasteiger partial charge in [-0.1, -0.05) is 12.1 Å². The lowest BCUT2D eigenvalue weighted by Gasteiger charge is -2.01. The fraction of sp³-hybridized carbons (Fsp3) is 0.125. The summed E-state index contributed by atoms with van der Waals surface area (Å²) in [5.74, 6) is 0.308. The van der Waals surface area contributed by atoms with E-state index in [1.165, 1.54) is 6.07 Å². The summed E-state index contributed by atoms with van der Waals surface area (Å²) in [4.78, 5) is 10.1. The molecular weight excluding hydrogens is 184 g/mol. The number of nitro groups is 1. The Labute approximate surface area is 80.6 Å². The van der Waals surface area contributed by atoms with Crippen molar-refractivity contribution in [1.29, 1.82) is 0 Å². The predicted octanol–water partition coefficient (Wildman–Crippen LogP) is 1.30. The van der Waals surface area contributed by atoms with E-state index in [4.69, 9.17) is 5.73 Å². The number of nitro benzene ring substituents is 1. The van der Waals surface area contributed by atoms with Crippen molar-refractivity contribution >= 4 is 17.2 Å². The number of nitrogens with zero attached hydrogens (tertiary/aromatic N) is 2. The second-order valence-corrected chi connectivity index (χ2v) is 2.64. The van der Waals surface area contributed by atoms with Gasteiger partial charge in [-0.25, -0.2) is 0 Å². The third-order valence-corrected chi connectivity index (χ3v) is 1.45. The van der Waals surface area contributed by atoms with E-state index in [-0.39, 0.29) is 5.69 Å². The summed E-state index contributed by atoms with van der Waals surface area (Å²) in [6.07, 6.45) is 0. The van der Waals surface area contributed by atoms with Gasteiger partial charge in [-0.2, -0.15) is 5.10 Å². The van der Waals surface area contributed by atoms with Crippen LogP contribution in [0.15, 0.2) is 29.4 Å². The van der Waals surface area contributed by atoms with Crippen molar-refractivity contribution in [1.82, 2.24) is 0 Å². The van der Waals surface area contributed by atoms with Crippen LogP contribution in [0.25, 0.3) is 0 Å². The molecule has 0 bridgehead atoms. The molecule has 0 fully saturated rings. The third-order valence-electron chi connectivity index (χ3n) is 1.45. The highest BCUT2D eigenvalue weighted by Crippen LogP contribution is 2.22. The van der Waals surface area contributed by atoms with Crippen LogP contribution in [-0.4, -0.2) is 10.8 Å². The Morgan fingerprint density at radius 2 is 2.21 bits per heavy atom. The Morgan fingerprint density at radius 1 is 1.57 bits per heavy atom. The van der Waals surface area contributed by atoms with Gasteiger partial charge in [0.2, 0.25) is 0 Å². The Bertz CT molecular complexity index is 371. The van der Waals surface area contributed by atoms with Crippen molar-refractivity contribution in [3.8, 4) is 0 Å². The molecule has 0 saturated heterocycles. The van der Waals surface area contributed by atoms with E-state index in [0.29, 0.717) is 11.5 Å². The minimum atomic E-state index is -0.482. The van der Waals surface area contributed by atoms with Gasteiger partial charge in [-0.05, 0) is 13.0 Å². The molecule has 14 heavy (non-hydrogen) atoms. The van der Waals surface area contributed by atoms with Gasteiger partial charge < -0.3 is 5.73 Å². The molecule has 1 aromatic rings. The second-order valence-electron chi connectivity index (χ2n) is 2.64. The van der Waals surface area contributed by atoms with E-state index in [2.05, 4.69) is 10.5 Å². The maximum atomic E-state index is 10.6. The van der Waals surface area contributed by atoms with E-state index < -0.39 is 4.92 Å². The molecule has 0 saturated carbocycles. The first-order valence-electron chi connectivity index (χ1n) is 3.90. The number of anilines is 1. The number of hydrogen-bond donors (Lipinski definition) is 2. The highest BCUT2D eigenvalue weighted by molar-refractivity contribution is 5.78. The molecule has 0 heterocycles. The number of hydrazone groups is 1. The van der Waals surface area contributed by atoms with Crippen molar-refractivity contribution < 1.29 is 4.92 Å². The van der Waals surface area contributed by atoms with Crippen LogP contribution in [0.5, 0.6) is 0 Å². The third kappa shape index (κ3) is 2.44. The lowest BCUT2D eigenvalue weighted by molar-refractivity contribution is -0.384. The zero-order chi connectivity index (χ0) is 10.6. The molecule has 3 N–H and O–H groups in total. The molecule has 1 rings (SSSR count). The largest absolute Gasteiger partial charge is 0.386 e. The number of hydrogen-bond acceptors (Lipinski definition) is 4. The number of rotatable bonds is 3. The first-order valence-corrected chi connectivity index (χ1v) is 3.90. The van der Waals surface area contributed by atoms with Crippen LogP contribution < -0.4 is 11.2 Å². The van der Waals surface area contributed by atoms with Gasteiger partial charge in [-0.15, -0.1) is 0 Å². The summed E-state index contributed by atoms with van der Waals surface area (Å²) in [5.41, 5.74) is 8.09. The summed E-state index contributed by atoms with van der Waals surface area (Å²) in [6.45, 7) is 1.59. The van der Waals surface area contributed by atoms with Gasteiger partial charge >= 0.3 is 0 Å². The molecule has 1 aromatic carbocycles. The number of para-hydroxylation sites is 2. The van der Waals surface area contributed by atoms with E-state index in [0.717, 1.165) is 0 Å². The Kier molecular flexibility index (Phi) is 3.01. The van der Waals surface area contributed by atoms with Crippen molar-refractivity contribution in [2.45, 2.75) is 6.92 Å². The summed E-state index contributed by atoms with van der Waals surface area (Å²) in [7, 11) is 0. The molecule has 0 aliphatic rings. The minimum absolute atomic E-state index is 0.0301. The van der Waals surface area contributed by atoms with E-state index in [1.807, 2.05) is 0 Å². The van der Waals surface area contributed by atoms with Crippen molar-refractivity contribution in [2.24, 2.45) is 10.8 Å².